The first-order valence-electron chi connectivity index (χ1n) is 11.5. The van der Waals surface area contributed by atoms with Gasteiger partial charge >= 0.3 is 0 Å². The number of hydrogen-bond donors (Lipinski definition) is 5. The van der Waals surface area contributed by atoms with E-state index in [2.05, 4.69) is 10.6 Å². The summed E-state index contributed by atoms with van der Waals surface area (Å²) < 4.78 is 0. The Balaban J connectivity index is 1.35. The fourth-order valence-electron chi connectivity index (χ4n) is 4.54. The minimum absolute atomic E-state index is 0.117. The molecule has 6 nitrogen and oxygen atoms in total. The van der Waals surface area contributed by atoms with E-state index in [4.69, 9.17) is 17.3 Å². The van der Waals surface area contributed by atoms with E-state index in [0.29, 0.717) is 17.1 Å². The summed E-state index contributed by atoms with van der Waals surface area (Å²) in [6.07, 6.45) is 8.85. The van der Waals surface area contributed by atoms with E-state index in [0.717, 1.165) is 69.2 Å². The molecule has 6 N–H and O–H groups in total. The number of aromatic hydroxyl groups is 2. The third kappa shape index (κ3) is 6.61. The minimum atomic E-state index is 0.117. The Hall–Kier alpha value is -2.28. The Kier molecular flexibility index (Phi) is 9.21. The number of rotatable bonds is 12. The van der Waals surface area contributed by atoms with E-state index in [1.165, 1.54) is 12.0 Å². The van der Waals surface area contributed by atoms with Crippen LogP contribution in [0.4, 0.5) is 5.69 Å². The van der Waals surface area contributed by atoms with Crippen molar-refractivity contribution < 1.29 is 15.0 Å². The molecule has 0 spiro atoms. The van der Waals surface area contributed by atoms with E-state index in [1.807, 2.05) is 18.2 Å². The zero-order valence-corrected chi connectivity index (χ0v) is 19.2. The molecule has 0 heterocycles. The van der Waals surface area contributed by atoms with Crippen molar-refractivity contribution in [3.63, 3.8) is 0 Å². The number of aryl methyl sites for hydroxylation is 1. The van der Waals surface area contributed by atoms with E-state index >= 15 is 0 Å². The quantitative estimate of drug-likeness (QED) is 0.183. The van der Waals surface area contributed by atoms with Crippen molar-refractivity contribution in [1.82, 2.24) is 5.32 Å². The topological polar surface area (TPSA) is 108 Å². The van der Waals surface area contributed by atoms with Crippen LogP contribution in [0.3, 0.4) is 0 Å². The highest BCUT2D eigenvalue weighted by molar-refractivity contribution is 6.32. The number of nitrogens with two attached hydrogens (primary N) is 1. The van der Waals surface area contributed by atoms with Crippen LogP contribution in [0.15, 0.2) is 30.3 Å². The van der Waals surface area contributed by atoms with Crippen molar-refractivity contribution in [2.45, 2.75) is 63.3 Å². The van der Waals surface area contributed by atoms with Gasteiger partial charge in [-0.25, -0.2) is 0 Å². The van der Waals surface area contributed by atoms with Gasteiger partial charge < -0.3 is 26.6 Å². The number of phenols is 2. The summed E-state index contributed by atoms with van der Waals surface area (Å²) in [5.74, 6) is 0.505. The molecule has 1 amide bonds. The van der Waals surface area contributed by atoms with Crippen molar-refractivity contribution in [2.24, 2.45) is 5.73 Å². The molecule has 0 radical (unpaired) electrons. The first kappa shape index (κ1) is 24.4. The molecule has 32 heavy (non-hydrogen) atoms. The number of nitrogens with one attached hydrogen (secondary N) is 2. The van der Waals surface area contributed by atoms with Gasteiger partial charge in [-0.3, -0.25) is 4.79 Å². The summed E-state index contributed by atoms with van der Waals surface area (Å²) >= 11 is 5.94. The second-order valence-electron chi connectivity index (χ2n) is 8.63. The molecule has 0 fully saturated rings. The van der Waals surface area contributed by atoms with Crippen molar-refractivity contribution in [3.05, 3.63) is 52.0 Å². The van der Waals surface area contributed by atoms with Gasteiger partial charge in [0.1, 0.15) is 11.5 Å². The third-order valence-corrected chi connectivity index (χ3v) is 6.66. The number of benzene rings is 2. The monoisotopic (exact) mass is 459 g/mol. The molecule has 1 aliphatic carbocycles. The van der Waals surface area contributed by atoms with Gasteiger partial charge in [-0.2, -0.15) is 0 Å². The SMILES string of the molecule is NC1CCc2cc(O)c(NC=O)cc2C1CCCCCCNCCc1ccc(O)c(Cl)c1. The number of amides is 1. The van der Waals surface area contributed by atoms with Crippen LogP contribution in [0.1, 0.15) is 61.1 Å². The van der Waals surface area contributed by atoms with Gasteiger partial charge in [-0.1, -0.05) is 36.9 Å². The molecule has 174 valence electrons. The standard InChI is InChI=1S/C25H34ClN3O3/c26-21-13-17(6-9-24(21)31)10-12-28-11-4-2-1-3-5-19-20-15-23(29-16-30)25(32)14-18(20)7-8-22(19)27/h6,9,13-16,19,22,28,31-32H,1-5,7-8,10-12,27H2,(H,29,30). The zero-order chi connectivity index (χ0) is 22.9. The number of halogens is 1. The maximum absolute atomic E-state index is 10.8. The number of unbranched alkanes of at least 4 members (excludes halogenated alkanes) is 3. The van der Waals surface area contributed by atoms with Gasteiger partial charge in [0.25, 0.3) is 0 Å². The van der Waals surface area contributed by atoms with E-state index in [9.17, 15) is 15.0 Å². The van der Waals surface area contributed by atoms with Crippen LogP contribution >= 0.6 is 11.6 Å². The molecule has 2 unspecified atom stereocenters. The Labute approximate surface area is 195 Å². The van der Waals surface area contributed by atoms with Crippen LogP contribution in [0.2, 0.25) is 5.02 Å². The molecule has 2 atom stereocenters. The highest BCUT2D eigenvalue weighted by Crippen LogP contribution is 2.39. The number of fused-ring (bicyclic) bond motifs is 1. The fourth-order valence-corrected chi connectivity index (χ4v) is 4.75. The highest BCUT2D eigenvalue weighted by atomic mass is 35.5. The Morgan fingerprint density at radius 1 is 1.06 bits per heavy atom. The van der Waals surface area contributed by atoms with Crippen LogP contribution in [0.5, 0.6) is 11.5 Å². The number of anilines is 1. The van der Waals surface area contributed by atoms with Gasteiger partial charge in [0, 0.05) is 6.04 Å². The lowest BCUT2D eigenvalue weighted by molar-refractivity contribution is -0.105. The molecule has 0 aromatic heterocycles. The van der Waals surface area contributed by atoms with Gasteiger partial charge in [-0.15, -0.1) is 0 Å². The molecule has 0 bridgehead atoms. The Bertz CT molecular complexity index is 906. The van der Waals surface area contributed by atoms with Crippen LogP contribution in [0.25, 0.3) is 0 Å². The fraction of sp³-hybridized carbons (Fsp3) is 0.480. The lowest BCUT2D eigenvalue weighted by Gasteiger charge is -2.32. The largest absolute Gasteiger partial charge is 0.506 e. The van der Waals surface area contributed by atoms with Crippen molar-refractivity contribution in [2.75, 3.05) is 18.4 Å². The maximum atomic E-state index is 10.8. The summed E-state index contributed by atoms with van der Waals surface area (Å²) in [7, 11) is 0. The number of carbonyl (C=O) groups excluding carboxylic acids is 1. The van der Waals surface area contributed by atoms with Crippen molar-refractivity contribution in [1.29, 1.82) is 0 Å². The van der Waals surface area contributed by atoms with Gasteiger partial charge in [-0.05, 0) is 92.1 Å². The average molecular weight is 460 g/mol. The van der Waals surface area contributed by atoms with E-state index in [1.54, 1.807) is 12.1 Å². The van der Waals surface area contributed by atoms with Crippen LogP contribution < -0.4 is 16.4 Å². The lowest BCUT2D eigenvalue weighted by atomic mass is 9.76. The smallest absolute Gasteiger partial charge is 0.211 e. The maximum Gasteiger partial charge on any atom is 0.211 e. The Morgan fingerprint density at radius 2 is 1.88 bits per heavy atom. The van der Waals surface area contributed by atoms with Crippen LogP contribution in [-0.4, -0.2) is 35.8 Å². The summed E-state index contributed by atoms with van der Waals surface area (Å²) in [5.41, 5.74) is 10.3. The second-order valence-corrected chi connectivity index (χ2v) is 9.04. The molecular weight excluding hydrogens is 426 g/mol. The highest BCUT2D eigenvalue weighted by Gasteiger charge is 2.27. The normalized spacial score (nSPS) is 17.7. The third-order valence-electron chi connectivity index (χ3n) is 6.36. The van der Waals surface area contributed by atoms with Gasteiger partial charge in [0.05, 0.1) is 10.7 Å². The average Bonchev–Trinajstić information content (AvgIpc) is 2.77. The van der Waals surface area contributed by atoms with E-state index in [-0.39, 0.29) is 23.5 Å². The summed E-state index contributed by atoms with van der Waals surface area (Å²) in [6, 6.07) is 9.14. The summed E-state index contributed by atoms with van der Waals surface area (Å²) in [6.45, 7) is 1.87. The molecule has 0 aliphatic heterocycles. The first-order chi connectivity index (χ1) is 15.5. The summed E-state index contributed by atoms with van der Waals surface area (Å²) in [4.78, 5) is 10.8. The molecule has 0 saturated heterocycles. The molecule has 2 aromatic rings. The molecule has 0 saturated carbocycles. The zero-order valence-electron chi connectivity index (χ0n) is 18.4. The first-order valence-corrected chi connectivity index (χ1v) is 11.9. The van der Waals surface area contributed by atoms with Crippen molar-refractivity contribution in [3.8, 4) is 11.5 Å². The molecule has 2 aromatic carbocycles. The number of hydrogen-bond acceptors (Lipinski definition) is 5. The minimum Gasteiger partial charge on any atom is -0.506 e. The lowest BCUT2D eigenvalue weighted by Crippen LogP contribution is -2.33. The number of carbonyl (C=O) groups is 1. The summed E-state index contributed by atoms with van der Waals surface area (Å²) in [5, 5.41) is 26.0. The van der Waals surface area contributed by atoms with Crippen LogP contribution in [0, 0.1) is 0 Å². The van der Waals surface area contributed by atoms with Crippen LogP contribution in [-0.2, 0) is 17.6 Å². The molecule has 1 aliphatic rings. The number of phenolic OH excluding ortho intramolecular Hbond substituents is 2. The molecule has 7 heteroatoms. The molecular formula is C25H34ClN3O3. The van der Waals surface area contributed by atoms with E-state index < -0.39 is 0 Å². The van der Waals surface area contributed by atoms with Gasteiger partial charge in [0.15, 0.2) is 0 Å². The molecule has 3 rings (SSSR count). The predicted octanol–water partition coefficient (Wildman–Crippen LogP) is 4.46. The van der Waals surface area contributed by atoms with Gasteiger partial charge in [0.2, 0.25) is 6.41 Å². The second kappa shape index (κ2) is 12.1. The Morgan fingerprint density at radius 3 is 2.66 bits per heavy atom. The predicted molar refractivity (Wildman–Crippen MR) is 130 cm³/mol. The van der Waals surface area contributed by atoms with Crippen molar-refractivity contribution >= 4 is 23.7 Å².